The predicted molar refractivity (Wildman–Crippen MR) is 80.6 cm³/mol. The molecule has 0 spiro atoms. The number of aliphatic carboxylic acids is 1. The molecule has 3 rings (SSSR count). The van der Waals surface area contributed by atoms with Crippen LogP contribution in [0.15, 0.2) is 47.4 Å². The summed E-state index contributed by atoms with van der Waals surface area (Å²) in [5, 5.41) is 9.04. The lowest BCUT2D eigenvalue weighted by atomic mass is 10.0. The van der Waals surface area contributed by atoms with Crippen molar-refractivity contribution < 1.29 is 23.1 Å². The van der Waals surface area contributed by atoms with Crippen molar-refractivity contribution in [3.8, 4) is 16.9 Å². The van der Waals surface area contributed by atoms with E-state index < -0.39 is 22.5 Å². The van der Waals surface area contributed by atoms with Crippen molar-refractivity contribution in [1.29, 1.82) is 0 Å². The van der Waals surface area contributed by atoms with Gasteiger partial charge >= 0.3 is 5.97 Å². The maximum atomic E-state index is 12.7. The monoisotopic (exact) mass is 319 g/mol. The highest BCUT2D eigenvalue weighted by atomic mass is 32.2. The molecule has 0 saturated heterocycles. The third-order valence-electron chi connectivity index (χ3n) is 3.50. The van der Waals surface area contributed by atoms with Crippen LogP contribution in [0.3, 0.4) is 0 Å². The van der Waals surface area contributed by atoms with Gasteiger partial charge in [-0.05, 0) is 24.3 Å². The predicted octanol–water partition coefficient (Wildman–Crippen LogP) is 1.96. The number of benzene rings is 2. The molecule has 0 fully saturated rings. The molecule has 0 radical (unpaired) electrons. The molecule has 2 aromatic carbocycles. The number of nitrogens with zero attached hydrogens (tertiary/aromatic N) is 1. The van der Waals surface area contributed by atoms with Crippen LogP contribution >= 0.6 is 0 Å². The Balaban J connectivity index is 2.33. The number of carboxylic acids is 1. The molecule has 0 amide bonds. The van der Waals surface area contributed by atoms with E-state index >= 15 is 0 Å². The van der Waals surface area contributed by atoms with Crippen LogP contribution in [0.1, 0.15) is 0 Å². The van der Waals surface area contributed by atoms with Gasteiger partial charge in [-0.3, -0.25) is 9.10 Å². The molecule has 0 unspecified atom stereocenters. The molecular formula is C15H13NO5S. The summed E-state index contributed by atoms with van der Waals surface area (Å²) in [7, 11) is -2.38. The van der Waals surface area contributed by atoms with Crippen LogP contribution in [0.25, 0.3) is 11.1 Å². The Morgan fingerprint density at radius 2 is 1.91 bits per heavy atom. The van der Waals surface area contributed by atoms with E-state index in [0.717, 1.165) is 4.31 Å². The summed E-state index contributed by atoms with van der Waals surface area (Å²) in [4.78, 5) is 11.2. The molecule has 1 aliphatic rings. The quantitative estimate of drug-likeness (QED) is 0.935. The van der Waals surface area contributed by atoms with Crippen molar-refractivity contribution in [3.05, 3.63) is 42.5 Å². The van der Waals surface area contributed by atoms with Gasteiger partial charge in [-0.1, -0.05) is 18.2 Å². The lowest BCUT2D eigenvalue weighted by molar-refractivity contribution is -0.135. The van der Waals surface area contributed by atoms with E-state index in [1.807, 2.05) is 0 Å². The summed E-state index contributed by atoms with van der Waals surface area (Å²) in [5.74, 6) is -0.646. The highest BCUT2D eigenvalue weighted by molar-refractivity contribution is 7.93. The Morgan fingerprint density at radius 3 is 2.59 bits per heavy atom. The van der Waals surface area contributed by atoms with Crippen LogP contribution in [0.4, 0.5) is 5.69 Å². The fraction of sp³-hybridized carbons (Fsp3) is 0.133. The third kappa shape index (κ3) is 2.10. The zero-order chi connectivity index (χ0) is 15.9. The number of fused-ring (bicyclic) bond motifs is 3. The van der Waals surface area contributed by atoms with Crippen LogP contribution < -0.4 is 9.04 Å². The van der Waals surface area contributed by atoms with E-state index in [4.69, 9.17) is 9.84 Å². The van der Waals surface area contributed by atoms with Gasteiger partial charge in [-0.15, -0.1) is 0 Å². The van der Waals surface area contributed by atoms with Gasteiger partial charge in [0.25, 0.3) is 10.0 Å². The zero-order valence-electron chi connectivity index (χ0n) is 11.7. The first-order chi connectivity index (χ1) is 10.4. The minimum Gasteiger partial charge on any atom is -0.497 e. The van der Waals surface area contributed by atoms with Crippen LogP contribution in [-0.2, 0) is 14.8 Å². The van der Waals surface area contributed by atoms with E-state index in [1.54, 1.807) is 36.4 Å². The van der Waals surface area contributed by atoms with Crippen molar-refractivity contribution >= 4 is 21.7 Å². The molecule has 6 nitrogen and oxygen atoms in total. The SMILES string of the molecule is COc1ccc2c(c1)-c1ccccc1S(=O)(=O)N2CC(=O)O. The maximum Gasteiger partial charge on any atom is 0.324 e. The maximum absolute atomic E-state index is 12.7. The summed E-state index contributed by atoms with van der Waals surface area (Å²) in [6, 6.07) is 11.4. The van der Waals surface area contributed by atoms with Gasteiger partial charge in [0.05, 0.1) is 17.7 Å². The first-order valence-electron chi connectivity index (χ1n) is 6.47. The Bertz CT molecular complexity index is 860. The molecule has 7 heteroatoms. The normalized spacial score (nSPS) is 14.9. The van der Waals surface area contributed by atoms with Crippen molar-refractivity contribution in [1.82, 2.24) is 0 Å². The van der Waals surface area contributed by atoms with Gasteiger partial charge in [-0.2, -0.15) is 0 Å². The Morgan fingerprint density at radius 1 is 1.18 bits per heavy atom. The summed E-state index contributed by atoms with van der Waals surface area (Å²) < 4.78 is 31.5. The number of carboxylic acid groups (broad SMARTS) is 1. The van der Waals surface area contributed by atoms with Gasteiger partial charge in [0, 0.05) is 11.1 Å². The zero-order valence-corrected chi connectivity index (χ0v) is 12.5. The Hall–Kier alpha value is -2.54. The average Bonchev–Trinajstić information content (AvgIpc) is 2.51. The number of sulfonamides is 1. The van der Waals surface area contributed by atoms with Crippen molar-refractivity contribution in [2.45, 2.75) is 4.90 Å². The van der Waals surface area contributed by atoms with E-state index in [0.29, 0.717) is 22.6 Å². The average molecular weight is 319 g/mol. The van der Waals surface area contributed by atoms with E-state index in [1.165, 1.54) is 13.2 Å². The van der Waals surface area contributed by atoms with Crippen LogP contribution in [0.5, 0.6) is 5.75 Å². The number of carbonyl (C=O) groups is 1. The molecule has 114 valence electrons. The second kappa shape index (κ2) is 5.03. The highest BCUT2D eigenvalue weighted by Crippen LogP contribution is 2.44. The molecule has 22 heavy (non-hydrogen) atoms. The molecule has 0 saturated carbocycles. The Labute approximate surface area is 127 Å². The fourth-order valence-corrected chi connectivity index (χ4v) is 4.17. The summed E-state index contributed by atoms with van der Waals surface area (Å²) in [5.41, 5.74) is 1.51. The number of anilines is 1. The standard InChI is InChI=1S/C15H13NO5S/c1-21-10-6-7-13-12(8-10)11-4-2-3-5-14(11)22(19,20)16(13)9-15(17)18/h2-8H,9H2,1H3,(H,17,18). The number of hydrogen-bond donors (Lipinski definition) is 1. The number of methoxy groups -OCH3 is 1. The second-order valence-corrected chi connectivity index (χ2v) is 6.62. The highest BCUT2D eigenvalue weighted by Gasteiger charge is 2.35. The smallest absolute Gasteiger partial charge is 0.324 e. The number of ether oxygens (including phenoxy) is 1. The topological polar surface area (TPSA) is 83.9 Å². The van der Waals surface area contributed by atoms with Gasteiger partial charge in [0.2, 0.25) is 0 Å². The van der Waals surface area contributed by atoms with Gasteiger partial charge in [0.1, 0.15) is 12.3 Å². The minimum absolute atomic E-state index is 0.0944. The Kier molecular flexibility index (Phi) is 3.29. The fourth-order valence-electron chi connectivity index (χ4n) is 2.53. The minimum atomic E-state index is -3.90. The molecule has 1 N–H and O–H groups in total. The largest absolute Gasteiger partial charge is 0.497 e. The summed E-state index contributed by atoms with van der Waals surface area (Å²) >= 11 is 0. The molecule has 1 aliphatic heterocycles. The van der Waals surface area contributed by atoms with Crippen LogP contribution in [-0.4, -0.2) is 33.1 Å². The van der Waals surface area contributed by atoms with Gasteiger partial charge in [0.15, 0.2) is 0 Å². The first kappa shape index (κ1) is 14.4. The molecule has 0 aliphatic carbocycles. The molecule has 2 aromatic rings. The van der Waals surface area contributed by atoms with Crippen LogP contribution in [0.2, 0.25) is 0 Å². The van der Waals surface area contributed by atoms with Crippen molar-refractivity contribution in [2.75, 3.05) is 18.0 Å². The number of rotatable bonds is 3. The number of hydrogen-bond acceptors (Lipinski definition) is 4. The van der Waals surface area contributed by atoms with E-state index in [-0.39, 0.29) is 4.90 Å². The molecule has 0 bridgehead atoms. The molecule has 0 aromatic heterocycles. The first-order valence-corrected chi connectivity index (χ1v) is 7.91. The molecular weight excluding hydrogens is 306 g/mol. The summed E-state index contributed by atoms with van der Waals surface area (Å²) in [6.45, 7) is -0.629. The van der Waals surface area contributed by atoms with E-state index in [2.05, 4.69) is 0 Å². The molecule has 1 heterocycles. The van der Waals surface area contributed by atoms with E-state index in [9.17, 15) is 13.2 Å². The lowest BCUT2D eigenvalue weighted by Crippen LogP contribution is -2.38. The second-order valence-electron chi connectivity index (χ2n) is 4.78. The van der Waals surface area contributed by atoms with Gasteiger partial charge < -0.3 is 9.84 Å². The molecule has 0 atom stereocenters. The van der Waals surface area contributed by atoms with Crippen LogP contribution in [0, 0.1) is 0 Å². The lowest BCUT2D eigenvalue weighted by Gasteiger charge is -2.31. The van der Waals surface area contributed by atoms with Gasteiger partial charge in [-0.25, -0.2) is 8.42 Å². The van der Waals surface area contributed by atoms with Crippen molar-refractivity contribution in [2.24, 2.45) is 0 Å². The van der Waals surface area contributed by atoms with Crippen molar-refractivity contribution in [3.63, 3.8) is 0 Å². The summed E-state index contributed by atoms with van der Waals surface area (Å²) in [6.07, 6.45) is 0. The third-order valence-corrected chi connectivity index (χ3v) is 5.31.